The predicted molar refractivity (Wildman–Crippen MR) is 66.8 cm³/mol. The van der Waals surface area contributed by atoms with Gasteiger partial charge < -0.3 is 10.1 Å². The molecule has 1 saturated heterocycles. The Morgan fingerprint density at radius 2 is 2.29 bits per heavy atom. The van der Waals surface area contributed by atoms with Gasteiger partial charge in [0.1, 0.15) is 5.82 Å². The molecule has 4 heteroatoms. The summed E-state index contributed by atoms with van der Waals surface area (Å²) in [7, 11) is 0. The van der Waals surface area contributed by atoms with Gasteiger partial charge in [0.25, 0.3) is 0 Å². The highest BCUT2D eigenvalue weighted by molar-refractivity contribution is 6.30. The van der Waals surface area contributed by atoms with E-state index in [-0.39, 0.29) is 23.0 Å². The van der Waals surface area contributed by atoms with Crippen LogP contribution in [0, 0.1) is 5.82 Å². The van der Waals surface area contributed by atoms with E-state index in [2.05, 4.69) is 12.2 Å². The summed E-state index contributed by atoms with van der Waals surface area (Å²) in [5.74, 6) is -0.367. The number of ether oxygens (including phenoxy) is 1. The van der Waals surface area contributed by atoms with Crippen molar-refractivity contribution in [1.82, 2.24) is 5.32 Å². The molecule has 17 heavy (non-hydrogen) atoms. The van der Waals surface area contributed by atoms with Crippen molar-refractivity contribution in [2.75, 3.05) is 6.61 Å². The lowest BCUT2D eigenvalue weighted by Gasteiger charge is -2.22. The van der Waals surface area contributed by atoms with Gasteiger partial charge in [-0.1, -0.05) is 17.7 Å². The second-order valence-corrected chi connectivity index (χ2v) is 4.94. The number of nitrogens with one attached hydrogen (secondary N) is 1. The van der Waals surface area contributed by atoms with E-state index >= 15 is 0 Å². The van der Waals surface area contributed by atoms with Gasteiger partial charge in [-0.05, 0) is 38.0 Å². The summed E-state index contributed by atoms with van der Waals surface area (Å²) in [6.07, 6.45) is 1.22. The summed E-state index contributed by atoms with van der Waals surface area (Å²) in [4.78, 5) is 0. The smallest absolute Gasteiger partial charge is 0.142 e. The fraction of sp³-hybridized carbons (Fsp3) is 0.538. The maximum atomic E-state index is 13.3. The van der Waals surface area contributed by atoms with Gasteiger partial charge in [-0.15, -0.1) is 0 Å². The quantitative estimate of drug-likeness (QED) is 0.897. The van der Waals surface area contributed by atoms with Crippen molar-refractivity contribution in [3.63, 3.8) is 0 Å². The Hall–Kier alpha value is -0.640. The number of rotatable bonds is 3. The van der Waals surface area contributed by atoms with Gasteiger partial charge in [0.15, 0.2) is 0 Å². The molecule has 2 rings (SSSR count). The monoisotopic (exact) mass is 257 g/mol. The number of hydrogen-bond donors (Lipinski definition) is 1. The van der Waals surface area contributed by atoms with Crippen molar-refractivity contribution < 1.29 is 9.13 Å². The van der Waals surface area contributed by atoms with Crippen molar-refractivity contribution >= 4 is 11.6 Å². The molecule has 94 valence electrons. The van der Waals surface area contributed by atoms with Crippen LogP contribution in [0.4, 0.5) is 4.39 Å². The second kappa shape index (κ2) is 5.34. The van der Waals surface area contributed by atoms with Crippen LogP contribution < -0.4 is 5.32 Å². The van der Waals surface area contributed by atoms with E-state index in [1.54, 1.807) is 6.07 Å². The summed E-state index contributed by atoms with van der Waals surface area (Å²) in [5.41, 5.74) is 0.908. The van der Waals surface area contributed by atoms with E-state index in [1.165, 1.54) is 6.07 Å². The largest absolute Gasteiger partial charge is 0.377 e. The van der Waals surface area contributed by atoms with Crippen LogP contribution in [-0.4, -0.2) is 18.8 Å². The molecule has 1 N–H and O–H groups in total. The molecule has 1 aliphatic heterocycles. The van der Waals surface area contributed by atoms with Crippen molar-refractivity contribution in [2.45, 2.75) is 38.5 Å². The van der Waals surface area contributed by atoms with Crippen molar-refractivity contribution in [3.8, 4) is 0 Å². The molecule has 0 bridgehead atoms. The molecule has 1 fully saturated rings. The molecule has 0 aliphatic carbocycles. The summed E-state index contributed by atoms with van der Waals surface area (Å²) >= 11 is 5.66. The number of benzene rings is 1. The average Bonchev–Trinajstić information content (AvgIpc) is 2.68. The van der Waals surface area contributed by atoms with Crippen LogP contribution in [0.1, 0.15) is 31.9 Å². The third-order valence-electron chi connectivity index (χ3n) is 3.28. The fourth-order valence-electron chi connectivity index (χ4n) is 2.15. The molecule has 3 unspecified atom stereocenters. The second-order valence-electron chi connectivity index (χ2n) is 4.53. The molecule has 1 aliphatic rings. The van der Waals surface area contributed by atoms with Crippen molar-refractivity contribution in [1.29, 1.82) is 0 Å². The SMILES string of the molecule is CC(NC1CCOC1C)c1ccc(Cl)c(F)c1. The van der Waals surface area contributed by atoms with Crippen molar-refractivity contribution in [2.24, 2.45) is 0 Å². The lowest BCUT2D eigenvalue weighted by molar-refractivity contribution is 0.111. The van der Waals surface area contributed by atoms with Gasteiger partial charge in [0, 0.05) is 18.7 Å². The Bertz CT molecular complexity index is 399. The molecular weight excluding hydrogens is 241 g/mol. The zero-order chi connectivity index (χ0) is 12.4. The van der Waals surface area contributed by atoms with Crippen LogP contribution in [-0.2, 0) is 4.74 Å². The van der Waals surface area contributed by atoms with E-state index < -0.39 is 0 Å². The minimum Gasteiger partial charge on any atom is -0.377 e. The summed E-state index contributed by atoms with van der Waals surface area (Å²) in [5, 5.41) is 3.62. The number of hydrogen-bond acceptors (Lipinski definition) is 2. The molecule has 0 radical (unpaired) electrons. The van der Waals surface area contributed by atoms with E-state index in [0.717, 1.165) is 18.6 Å². The molecule has 1 aromatic carbocycles. The molecule has 0 spiro atoms. The van der Waals surface area contributed by atoms with Gasteiger partial charge in [-0.3, -0.25) is 0 Å². The van der Waals surface area contributed by atoms with Gasteiger partial charge >= 0.3 is 0 Å². The van der Waals surface area contributed by atoms with Crippen LogP contribution in [0.15, 0.2) is 18.2 Å². The standard InChI is InChI=1S/C13H17ClFNO/c1-8(16-13-5-6-17-9(13)2)10-3-4-11(14)12(15)7-10/h3-4,7-9,13,16H,5-6H2,1-2H3. The van der Waals surface area contributed by atoms with Gasteiger partial charge in [0.05, 0.1) is 11.1 Å². The molecule has 0 amide bonds. The number of halogens is 2. The summed E-state index contributed by atoms with van der Waals surface area (Å²) < 4.78 is 18.8. The molecule has 2 nitrogen and oxygen atoms in total. The average molecular weight is 258 g/mol. The predicted octanol–water partition coefficient (Wildman–Crippen LogP) is 3.31. The zero-order valence-electron chi connectivity index (χ0n) is 10.0. The highest BCUT2D eigenvalue weighted by Crippen LogP contribution is 2.22. The van der Waals surface area contributed by atoms with Crippen molar-refractivity contribution in [3.05, 3.63) is 34.6 Å². The zero-order valence-corrected chi connectivity index (χ0v) is 10.8. The van der Waals surface area contributed by atoms with Gasteiger partial charge in [0.2, 0.25) is 0 Å². The highest BCUT2D eigenvalue weighted by Gasteiger charge is 2.25. The van der Waals surface area contributed by atoms with E-state index in [0.29, 0.717) is 6.04 Å². The third-order valence-corrected chi connectivity index (χ3v) is 3.59. The first-order valence-electron chi connectivity index (χ1n) is 5.90. The highest BCUT2D eigenvalue weighted by atomic mass is 35.5. The fourth-order valence-corrected chi connectivity index (χ4v) is 2.27. The maximum Gasteiger partial charge on any atom is 0.142 e. The lowest BCUT2D eigenvalue weighted by atomic mass is 10.1. The Labute approximate surface area is 106 Å². The maximum absolute atomic E-state index is 13.3. The summed E-state index contributed by atoms with van der Waals surface area (Å²) in [6.45, 7) is 4.87. The van der Waals surface area contributed by atoms with Gasteiger partial charge in [-0.25, -0.2) is 4.39 Å². The Kier molecular flexibility index (Phi) is 4.02. The third kappa shape index (κ3) is 2.97. The van der Waals surface area contributed by atoms with Crippen LogP contribution in [0.3, 0.4) is 0 Å². The van der Waals surface area contributed by atoms with Crippen LogP contribution in [0.5, 0.6) is 0 Å². The van der Waals surface area contributed by atoms with E-state index in [1.807, 2.05) is 13.0 Å². The van der Waals surface area contributed by atoms with Gasteiger partial charge in [-0.2, -0.15) is 0 Å². The first kappa shape index (κ1) is 12.8. The normalized spacial score (nSPS) is 26.1. The van der Waals surface area contributed by atoms with E-state index in [9.17, 15) is 4.39 Å². The molecule has 1 heterocycles. The van der Waals surface area contributed by atoms with Crippen LogP contribution in [0.25, 0.3) is 0 Å². The molecular formula is C13H17ClFNO. The van der Waals surface area contributed by atoms with E-state index in [4.69, 9.17) is 16.3 Å². The molecule has 1 aromatic rings. The topological polar surface area (TPSA) is 21.3 Å². The summed E-state index contributed by atoms with van der Waals surface area (Å²) in [6, 6.07) is 5.36. The molecule has 3 atom stereocenters. The first-order valence-corrected chi connectivity index (χ1v) is 6.28. The minimum atomic E-state index is -0.367. The van der Waals surface area contributed by atoms with Crippen LogP contribution >= 0.6 is 11.6 Å². The Balaban J connectivity index is 2.03. The molecule has 0 saturated carbocycles. The first-order chi connectivity index (χ1) is 8.08. The molecule has 0 aromatic heterocycles. The lowest BCUT2D eigenvalue weighted by Crippen LogP contribution is -2.36. The Morgan fingerprint density at radius 1 is 1.53 bits per heavy atom. The Morgan fingerprint density at radius 3 is 2.88 bits per heavy atom. The van der Waals surface area contributed by atoms with Crippen LogP contribution in [0.2, 0.25) is 5.02 Å². The minimum absolute atomic E-state index is 0.0934.